The van der Waals surface area contributed by atoms with E-state index in [0.717, 1.165) is 11.3 Å². The summed E-state index contributed by atoms with van der Waals surface area (Å²) in [5.74, 6) is 0.483. The Morgan fingerprint density at radius 3 is 2.46 bits per heavy atom. The number of aliphatic carboxylic acids is 1. The Balaban J connectivity index is 2.12. The molecule has 5 nitrogen and oxygen atoms in total. The number of ether oxygens (including phenoxy) is 2. The molecule has 0 bridgehead atoms. The summed E-state index contributed by atoms with van der Waals surface area (Å²) in [4.78, 5) is 15.2. The summed E-state index contributed by atoms with van der Waals surface area (Å²) in [5, 5.41) is 8.83. The first-order chi connectivity index (χ1) is 11.5. The molecule has 1 N–H and O–H groups in total. The molecular formula is C19H19NO4. The predicted molar refractivity (Wildman–Crippen MR) is 93.3 cm³/mol. The van der Waals surface area contributed by atoms with Crippen LogP contribution in [0.1, 0.15) is 25.1 Å². The van der Waals surface area contributed by atoms with Gasteiger partial charge >= 0.3 is 5.97 Å². The van der Waals surface area contributed by atoms with Gasteiger partial charge in [-0.3, -0.25) is 0 Å². The second kappa shape index (κ2) is 7.97. The fourth-order valence-electron chi connectivity index (χ4n) is 1.95. The SMILES string of the molecule is C=Cc1ccc(Oc2ccc(O[C@H](C)C(=O)O)cc2)nc1/C=C\C. The molecule has 0 amide bonds. The third-order valence-electron chi connectivity index (χ3n) is 3.18. The van der Waals surface area contributed by atoms with E-state index >= 15 is 0 Å². The van der Waals surface area contributed by atoms with E-state index in [1.165, 1.54) is 6.92 Å². The van der Waals surface area contributed by atoms with Crippen LogP contribution in [0.3, 0.4) is 0 Å². The summed E-state index contributed by atoms with van der Waals surface area (Å²) in [6.07, 6.45) is 4.61. The lowest BCUT2D eigenvalue weighted by Crippen LogP contribution is -2.22. The molecular weight excluding hydrogens is 306 g/mol. The molecule has 0 aliphatic rings. The summed E-state index contributed by atoms with van der Waals surface area (Å²) in [6, 6.07) is 10.3. The number of aromatic nitrogens is 1. The molecule has 0 spiro atoms. The fourth-order valence-corrected chi connectivity index (χ4v) is 1.95. The first kappa shape index (κ1) is 17.3. The summed E-state index contributed by atoms with van der Waals surface area (Å²) in [7, 11) is 0. The van der Waals surface area contributed by atoms with E-state index in [1.54, 1.807) is 36.4 Å². The Morgan fingerprint density at radius 2 is 1.88 bits per heavy atom. The van der Waals surface area contributed by atoms with Gasteiger partial charge in [0.25, 0.3) is 0 Å². The quantitative estimate of drug-likeness (QED) is 0.817. The van der Waals surface area contributed by atoms with Crippen molar-refractivity contribution in [2.24, 2.45) is 0 Å². The standard InChI is InChI=1S/C19H19NO4/c1-4-6-17-14(5-2)7-12-18(20-17)24-16-10-8-15(9-11-16)23-13(3)19(21)22/h4-13H,2H2,1,3H3,(H,21,22)/b6-4-/t13-/m1/s1. The fraction of sp³-hybridized carbons (Fsp3) is 0.158. The van der Waals surface area contributed by atoms with Crippen LogP contribution in [0.25, 0.3) is 12.2 Å². The lowest BCUT2D eigenvalue weighted by atomic mass is 10.2. The van der Waals surface area contributed by atoms with E-state index in [-0.39, 0.29) is 0 Å². The van der Waals surface area contributed by atoms with Crippen molar-refractivity contribution in [2.45, 2.75) is 20.0 Å². The molecule has 1 aromatic carbocycles. The molecule has 0 saturated carbocycles. The molecule has 5 heteroatoms. The molecule has 1 aromatic heterocycles. The topological polar surface area (TPSA) is 68.7 Å². The number of allylic oxidation sites excluding steroid dienone is 1. The minimum Gasteiger partial charge on any atom is -0.479 e. The summed E-state index contributed by atoms with van der Waals surface area (Å²) >= 11 is 0. The highest BCUT2D eigenvalue weighted by molar-refractivity contribution is 5.72. The Morgan fingerprint density at radius 1 is 1.21 bits per heavy atom. The van der Waals surface area contributed by atoms with Gasteiger partial charge in [0.15, 0.2) is 6.10 Å². The average Bonchev–Trinajstić information content (AvgIpc) is 2.57. The normalized spacial score (nSPS) is 11.9. The second-order valence-corrected chi connectivity index (χ2v) is 5.00. The van der Waals surface area contributed by atoms with Crippen LogP contribution in [0.2, 0.25) is 0 Å². The van der Waals surface area contributed by atoms with Gasteiger partial charge < -0.3 is 14.6 Å². The van der Waals surface area contributed by atoms with Crippen molar-refractivity contribution in [2.75, 3.05) is 0 Å². The number of carboxylic acids is 1. The van der Waals surface area contributed by atoms with Crippen LogP contribution < -0.4 is 9.47 Å². The maximum absolute atomic E-state index is 10.8. The van der Waals surface area contributed by atoms with Gasteiger partial charge in [-0.1, -0.05) is 18.7 Å². The second-order valence-electron chi connectivity index (χ2n) is 5.00. The number of pyridine rings is 1. The molecule has 24 heavy (non-hydrogen) atoms. The maximum atomic E-state index is 10.8. The molecule has 0 aliphatic heterocycles. The molecule has 0 saturated heterocycles. The minimum absolute atomic E-state index is 0.460. The van der Waals surface area contributed by atoms with Gasteiger partial charge in [-0.05, 0) is 55.8 Å². The van der Waals surface area contributed by atoms with Crippen LogP contribution in [-0.4, -0.2) is 22.2 Å². The largest absolute Gasteiger partial charge is 0.479 e. The zero-order valence-electron chi connectivity index (χ0n) is 13.6. The van der Waals surface area contributed by atoms with E-state index in [4.69, 9.17) is 14.6 Å². The van der Waals surface area contributed by atoms with Gasteiger partial charge in [0.1, 0.15) is 11.5 Å². The molecule has 1 heterocycles. The van der Waals surface area contributed by atoms with E-state index in [9.17, 15) is 4.79 Å². The monoisotopic (exact) mass is 325 g/mol. The van der Waals surface area contributed by atoms with E-state index in [2.05, 4.69) is 11.6 Å². The molecule has 1 atom stereocenters. The number of carboxylic acid groups (broad SMARTS) is 1. The van der Waals surface area contributed by atoms with Crippen molar-refractivity contribution in [3.63, 3.8) is 0 Å². The number of carbonyl (C=O) groups is 1. The van der Waals surface area contributed by atoms with Gasteiger partial charge in [0, 0.05) is 6.07 Å². The molecule has 0 radical (unpaired) electrons. The van der Waals surface area contributed by atoms with E-state index in [1.807, 2.05) is 25.1 Å². The highest BCUT2D eigenvalue weighted by Gasteiger charge is 2.12. The van der Waals surface area contributed by atoms with Crippen LogP contribution in [0, 0.1) is 0 Å². The zero-order valence-corrected chi connectivity index (χ0v) is 13.6. The Hall–Kier alpha value is -3.08. The smallest absolute Gasteiger partial charge is 0.344 e. The molecule has 0 fully saturated rings. The predicted octanol–water partition coefficient (Wildman–Crippen LogP) is 4.40. The van der Waals surface area contributed by atoms with Gasteiger partial charge in [-0.2, -0.15) is 0 Å². The van der Waals surface area contributed by atoms with Crippen molar-refractivity contribution >= 4 is 18.1 Å². The average molecular weight is 325 g/mol. The highest BCUT2D eigenvalue weighted by Crippen LogP contribution is 2.24. The van der Waals surface area contributed by atoms with Gasteiger partial charge in [0.2, 0.25) is 5.88 Å². The van der Waals surface area contributed by atoms with Crippen LogP contribution in [-0.2, 0) is 4.79 Å². The lowest BCUT2D eigenvalue weighted by molar-refractivity contribution is -0.144. The van der Waals surface area contributed by atoms with Crippen molar-refractivity contribution in [1.82, 2.24) is 4.98 Å². The van der Waals surface area contributed by atoms with E-state index < -0.39 is 12.1 Å². The number of hydrogen-bond donors (Lipinski definition) is 1. The third kappa shape index (κ3) is 4.46. The molecule has 0 aliphatic carbocycles. The number of benzene rings is 1. The summed E-state index contributed by atoms with van der Waals surface area (Å²) in [5.41, 5.74) is 1.70. The molecule has 2 rings (SSSR count). The number of nitrogens with zero attached hydrogens (tertiary/aromatic N) is 1. The minimum atomic E-state index is -1.02. The van der Waals surface area contributed by atoms with Crippen LogP contribution in [0.4, 0.5) is 0 Å². The zero-order chi connectivity index (χ0) is 17.5. The molecule has 0 unspecified atom stereocenters. The highest BCUT2D eigenvalue weighted by atomic mass is 16.5. The van der Waals surface area contributed by atoms with Gasteiger partial charge in [-0.15, -0.1) is 0 Å². The van der Waals surface area contributed by atoms with Crippen LogP contribution >= 0.6 is 0 Å². The maximum Gasteiger partial charge on any atom is 0.344 e. The first-order valence-corrected chi connectivity index (χ1v) is 7.47. The van der Waals surface area contributed by atoms with Crippen LogP contribution in [0.5, 0.6) is 17.4 Å². The van der Waals surface area contributed by atoms with E-state index in [0.29, 0.717) is 17.4 Å². The molecule has 124 valence electrons. The van der Waals surface area contributed by atoms with Crippen LogP contribution in [0.15, 0.2) is 49.1 Å². The summed E-state index contributed by atoms with van der Waals surface area (Å²) < 4.78 is 11.0. The Kier molecular flexibility index (Phi) is 5.73. The van der Waals surface area contributed by atoms with Gasteiger partial charge in [0.05, 0.1) is 5.69 Å². The Labute approximate surface area is 140 Å². The lowest BCUT2D eigenvalue weighted by Gasteiger charge is -2.11. The summed E-state index contributed by atoms with van der Waals surface area (Å²) in [6.45, 7) is 7.15. The van der Waals surface area contributed by atoms with Crippen molar-refractivity contribution < 1.29 is 19.4 Å². The Bertz CT molecular complexity index is 750. The van der Waals surface area contributed by atoms with Crippen molar-refractivity contribution in [3.8, 4) is 17.4 Å². The van der Waals surface area contributed by atoms with Gasteiger partial charge in [-0.25, -0.2) is 9.78 Å². The van der Waals surface area contributed by atoms with Crippen molar-refractivity contribution in [3.05, 3.63) is 60.3 Å². The third-order valence-corrected chi connectivity index (χ3v) is 3.18. The molecule has 2 aromatic rings. The number of hydrogen-bond acceptors (Lipinski definition) is 4. The van der Waals surface area contributed by atoms with Crippen molar-refractivity contribution in [1.29, 1.82) is 0 Å². The number of rotatable bonds is 7. The first-order valence-electron chi connectivity index (χ1n) is 7.47.